The van der Waals surface area contributed by atoms with Gasteiger partial charge in [0.2, 0.25) is 0 Å². The molecule has 0 saturated carbocycles. The summed E-state index contributed by atoms with van der Waals surface area (Å²) < 4.78 is 5.60. The van der Waals surface area contributed by atoms with E-state index in [1.807, 2.05) is 13.0 Å². The fourth-order valence-corrected chi connectivity index (χ4v) is 2.14. The predicted octanol–water partition coefficient (Wildman–Crippen LogP) is 1.42. The molecule has 0 aliphatic carbocycles. The van der Waals surface area contributed by atoms with Gasteiger partial charge in [0.25, 0.3) is 0 Å². The molecule has 1 saturated heterocycles. The number of piperazine rings is 1. The van der Waals surface area contributed by atoms with Gasteiger partial charge in [-0.1, -0.05) is 0 Å². The lowest BCUT2D eigenvalue weighted by atomic mass is 10.1. The van der Waals surface area contributed by atoms with Crippen LogP contribution in [-0.4, -0.2) is 37.1 Å². The zero-order chi connectivity index (χ0) is 10.7. The lowest BCUT2D eigenvalue weighted by molar-refractivity contribution is 0.178. The van der Waals surface area contributed by atoms with Crippen molar-refractivity contribution in [2.75, 3.05) is 26.2 Å². The largest absolute Gasteiger partial charge is 0.466 e. The highest BCUT2D eigenvalue weighted by Gasteiger charge is 2.17. The highest BCUT2D eigenvalue weighted by atomic mass is 16.3. The molecule has 2 rings (SSSR count). The van der Waals surface area contributed by atoms with E-state index in [4.69, 9.17) is 4.42 Å². The molecule has 1 aliphatic heterocycles. The van der Waals surface area contributed by atoms with Crippen molar-refractivity contribution in [2.45, 2.75) is 26.3 Å². The van der Waals surface area contributed by atoms with Crippen molar-refractivity contribution in [3.05, 3.63) is 23.7 Å². The standard InChI is InChI=1S/C12H20N2O/c1-10(14-7-5-13-6-8-14)9-12-4-3-11(2)15-12/h3-4,10,13H,5-9H2,1-2H3. The number of rotatable bonds is 3. The molecule has 1 fully saturated rings. The molecule has 0 spiro atoms. The van der Waals surface area contributed by atoms with E-state index in [9.17, 15) is 0 Å². The van der Waals surface area contributed by atoms with Crippen molar-refractivity contribution in [1.29, 1.82) is 0 Å². The topological polar surface area (TPSA) is 28.4 Å². The van der Waals surface area contributed by atoms with Crippen LogP contribution in [0.1, 0.15) is 18.4 Å². The summed E-state index contributed by atoms with van der Waals surface area (Å²) >= 11 is 0. The molecule has 0 aromatic carbocycles. The average molecular weight is 208 g/mol. The molecule has 2 heterocycles. The summed E-state index contributed by atoms with van der Waals surface area (Å²) in [6, 6.07) is 4.71. The molecule has 84 valence electrons. The second-order valence-corrected chi connectivity index (χ2v) is 4.35. The smallest absolute Gasteiger partial charge is 0.105 e. The Balaban J connectivity index is 1.88. The van der Waals surface area contributed by atoms with Gasteiger partial charge >= 0.3 is 0 Å². The molecule has 15 heavy (non-hydrogen) atoms. The van der Waals surface area contributed by atoms with Crippen LogP contribution < -0.4 is 5.32 Å². The van der Waals surface area contributed by atoms with Crippen LogP contribution in [0.2, 0.25) is 0 Å². The van der Waals surface area contributed by atoms with Gasteiger partial charge in [-0.05, 0) is 26.0 Å². The van der Waals surface area contributed by atoms with Gasteiger partial charge < -0.3 is 9.73 Å². The summed E-state index contributed by atoms with van der Waals surface area (Å²) in [7, 11) is 0. The summed E-state index contributed by atoms with van der Waals surface area (Å²) in [4.78, 5) is 2.52. The van der Waals surface area contributed by atoms with Gasteiger partial charge in [0.05, 0.1) is 0 Å². The first-order valence-electron chi connectivity index (χ1n) is 5.76. The molecule has 1 N–H and O–H groups in total. The molecule has 3 nitrogen and oxygen atoms in total. The van der Waals surface area contributed by atoms with Gasteiger partial charge in [-0.2, -0.15) is 0 Å². The molecule has 1 unspecified atom stereocenters. The normalized spacial score (nSPS) is 20.4. The average Bonchev–Trinajstić information content (AvgIpc) is 2.65. The minimum absolute atomic E-state index is 0.581. The Morgan fingerprint density at radius 3 is 2.73 bits per heavy atom. The van der Waals surface area contributed by atoms with Crippen LogP contribution in [0.25, 0.3) is 0 Å². The number of hydrogen-bond donors (Lipinski definition) is 1. The maximum Gasteiger partial charge on any atom is 0.105 e. The zero-order valence-electron chi connectivity index (χ0n) is 9.62. The molecule has 1 atom stereocenters. The Morgan fingerprint density at radius 1 is 1.40 bits per heavy atom. The first kappa shape index (κ1) is 10.7. The molecular weight excluding hydrogens is 188 g/mol. The summed E-state index contributed by atoms with van der Waals surface area (Å²) in [6.07, 6.45) is 1.02. The second-order valence-electron chi connectivity index (χ2n) is 4.35. The highest BCUT2D eigenvalue weighted by molar-refractivity contribution is 5.06. The number of furan rings is 1. The van der Waals surface area contributed by atoms with Crippen LogP contribution in [0.15, 0.2) is 16.5 Å². The minimum atomic E-state index is 0.581. The quantitative estimate of drug-likeness (QED) is 0.814. The highest BCUT2D eigenvalue weighted by Crippen LogP contribution is 2.12. The lowest BCUT2D eigenvalue weighted by Gasteiger charge is -2.32. The van der Waals surface area contributed by atoms with Crippen LogP contribution in [0.3, 0.4) is 0 Å². The maximum atomic E-state index is 5.60. The number of nitrogens with one attached hydrogen (secondary N) is 1. The SMILES string of the molecule is Cc1ccc(CC(C)N2CCNCC2)o1. The van der Waals surface area contributed by atoms with E-state index >= 15 is 0 Å². The van der Waals surface area contributed by atoms with Crippen molar-refractivity contribution in [1.82, 2.24) is 10.2 Å². The lowest BCUT2D eigenvalue weighted by Crippen LogP contribution is -2.48. The van der Waals surface area contributed by atoms with Gasteiger partial charge in [-0.15, -0.1) is 0 Å². The van der Waals surface area contributed by atoms with E-state index in [0.717, 1.165) is 44.1 Å². The van der Waals surface area contributed by atoms with Crippen LogP contribution >= 0.6 is 0 Å². The van der Waals surface area contributed by atoms with Gasteiger partial charge in [-0.3, -0.25) is 4.90 Å². The third-order valence-corrected chi connectivity index (χ3v) is 3.07. The third-order valence-electron chi connectivity index (χ3n) is 3.07. The first-order chi connectivity index (χ1) is 7.25. The Morgan fingerprint density at radius 2 is 2.13 bits per heavy atom. The van der Waals surface area contributed by atoms with Crippen LogP contribution in [0.5, 0.6) is 0 Å². The molecule has 3 heteroatoms. The van der Waals surface area contributed by atoms with Crippen LogP contribution in [0.4, 0.5) is 0 Å². The molecule has 1 aromatic heterocycles. The van der Waals surface area contributed by atoms with Gasteiger partial charge in [0, 0.05) is 38.6 Å². The summed E-state index contributed by atoms with van der Waals surface area (Å²) in [5.74, 6) is 2.12. The van der Waals surface area contributed by atoms with E-state index in [1.54, 1.807) is 0 Å². The summed E-state index contributed by atoms with van der Waals surface area (Å²) in [5.41, 5.74) is 0. The van der Waals surface area contributed by atoms with Gasteiger partial charge in [-0.25, -0.2) is 0 Å². The van der Waals surface area contributed by atoms with Crippen LogP contribution in [-0.2, 0) is 6.42 Å². The monoisotopic (exact) mass is 208 g/mol. The van der Waals surface area contributed by atoms with E-state index in [2.05, 4.69) is 23.2 Å². The fourth-order valence-electron chi connectivity index (χ4n) is 2.14. The number of nitrogens with zero attached hydrogens (tertiary/aromatic N) is 1. The Bertz CT molecular complexity index is 302. The number of hydrogen-bond acceptors (Lipinski definition) is 3. The van der Waals surface area contributed by atoms with Crippen molar-refractivity contribution in [3.63, 3.8) is 0 Å². The minimum Gasteiger partial charge on any atom is -0.466 e. The molecule has 1 aromatic rings. The van der Waals surface area contributed by atoms with Crippen LogP contribution in [0, 0.1) is 6.92 Å². The van der Waals surface area contributed by atoms with E-state index < -0.39 is 0 Å². The summed E-state index contributed by atoms with van der Waals surface area (Å²) in [5, 5.41) is 3.37. The van der Waals surface area contributed by atoms with Crippen molar-refractivity contribution in [2.24, 2.45) is 0 Å². The van der Waals surface area contributed by atoms with E-state index in [1.165, 1.54) is 0 Å². The molecular formula is C12H20N2O. The molecule has 0 bridgehead atoms. The van der Waals surface area contributed by atoms with Crippen molar-refractivity contribution in [3.8, 4) is 0 Å². The molecule has 0 radical (unpaired) electrons. The second kappa shape index (κ2) is 4.81. The zero-order valence-corrected chi connectivity index (χ0v) is 9.62. The summed E-state index contributed by atoms with van der Waals surface area (Å²) in [6.45, 7) is 8.81. The first-order valence-corrected chi connectivity index (χ1v) is 5.76. The predicted molar refractivity (Wildman–Crippen MR) is 61.1 cm³/mol. The fraction of sp³-hybridized carbons (Fsp3) is 0.667. The third kappa shape index (κ3) is 2.83. The Hall–Kier alpha value is -0.800. The maximum absolute atomic E-state index is 5.60. The molecule has 0 amide bonds. The number of aryl methyl sites for hydroxylation is 1. The van der Waals surface area contributed by atoms with Gasteiger partial charge in [0.1, 0.15) is 11.5 Å². The molecule has 1 aliphatic rings. The van der Waals surface area contributed by atoms with E-state index in [-0.39, 0.29) is 0 Å². The Labute approximate surface area is 91.4 Å². The van der Waals surface area contributed by atoms with Gasteiger partial charge in [0.15, 0.2) is 0 Å². The van der Waals surface area contributed by atoms with Crippen molar-refractivity contribution < 1.29 is 4.42 Å². The van der Waals surface area contributed by atoms with Crippen molar-refractivity contribution >= 4 is 0 Å². The Kier molecular flexibility index (Phi) is 3.44. The van der Waals surface area contributed by atoms with E-state index in [0.29, 0.717) is 6.04 Å².